The van der Waals surface area contributed by atoms with Crippen molar-refractivity contribution in [3.8, 4) is 0 Å². The van der Waals surface area contributed by atoms with E-state index in [2.05, 4.69) is 29.1 Å². The van der Waals surface area contributed by atoms with Gasteiger partial charge in [-0.3, -0.25) is 0 Å². The molecule has 1 aromatic heterocycles. The van der Waals surface area contributed by atoms with E-state index in [1.165, 1.54) is 18.2 Å². The van der Waals surface area contributed by atoms with Gasteiger partial charge in [0.05, 0.1) is 6.61 Å². The van der Waals surface area contributed by atoms with E-state index in [0.717, 1.165) is 42.4 Å². The van der Waals surface area contributed by atoms with E-state index >= 15 is 0 Å². The molecule has 1 aliphatic rings. The summed E-state index contributed by atoms with van der Waals surface area (Å²) in [5.74, 6) is 2.30. The maximum atomic E-state index is 6.00. The van der Waals surface area contributed by atoms with Crippen molar-refractivity contribution in [2.45, 2.75) is 18.7 Å². The Labute approximate surface area is 130 Å². The number of ether oxygens (including phenoxy) is 1. The summed E-state index contributed by atoms with van der Waals surface area (Å²) in [6.45, 7) is 2.51. The Morgan fingerprint density at radius 1 is 1.29 bits per heavy atom. The lowest BCUT2D eigenvalue weighted by atomic mass is 10.1. The number of nitrogens with zero attached hydrogens (tertiary/aromatic N) is 2. The maximum absolute atomic E-state index is 6.00. The quantitative estimate of drug-likeness (QED) is 0.574. The number of likely N-dealkylation sites (N-methyl/N-ethyl adjacent to an activating group) is 1. The average Bonchev–Trinajstić information content (AvgIpc) is 3.34. The summed E-state index contributed by atoms with van der Waals surface area (Å²) in [6.07, 6.45) is 4.55. The lowest BCUT2D eigenvalue weighted by molar-refractivity contribution is 0.131. The fraction of sp³-hybridized carbons (Fsp3) is 0.471. The molecule has 0 N–H and O–H groups in total. The summed E-state index contributed by atoms with van der Waals surface area (Å²) in [7, 11) is 2.07. The number of halogens is 1. The van der Waals surface area contributed by atoms with Crippen LogP contribution in [-0.4, -0.2) is 31.8 Å². The summed E-state index contributed by atoms with van der Waals surface area (Å²) in [5, 5.41) is 2.34. The topological polar surface area (TPSA) is 25.4 Å². The highest BCUT2D eigenvalue weighted by molar-refractivity contribution is 6.18. The molecule has 3 nitrogen and oxygen atoms in total. The fourth-order valence-electron chi connectivity index (χ4n) is 2.49. The summed E-state index contributed by atoms with van der Waals surface area (Å²) >= 11 is 6.00. The molecule has 2 aromatic rings. The summed E-state index contributed by atoms with van der Waals surface area (Å²) < 4.78 is 5.72. The second-order valence-corrected chi connectivity index (χ2v) is 5.99. The lowest BCUT2D eigenvalue weighted by Crippen LogP contribution is -2.24. The third kappa shape index (κ3) is 3.47. The standard InChI is InChI=1S/C17H21ClN2O/c1-20(8-9-21-12-13-6-7-13)17-16-5-3-2-4-15(16)14(10-18)11-19-17/h2-5,11,13H,6-10,12H2,1H3. The van der Waals surface area contributed by atoms with Gasteiger partial charge in [0, 0.05) is 37.7 Å². The Bertz CT molecular complexity index is 613. The Morgan fingerprint density at radius 3 is 2.76 bits per heavy atom. The molecule has 0 spiro atoms. The van der Waals surface area contributed by atoms with Crippen LogP contribution < -0.4 is 4.90 Å². The van der Waals surface area contributed by atoms with E-state index in [4.69, 9.17) is 16.3 Å². The second-order valence-electron chi connectivity index (χ2n) is 5.73. The Hall–Kier alpha value is -1.32. The van der Waals surface area contributed by atoms with Crippen LogP contribution in [0.3, 0.4) is 0 Å². The molecular formula is C17H21ClN2O. The Morgan fingerprint density at radius 2 is 2.05 bits per heavy atom. The first-order valence-electron chi connectivity index (χ1n) is 7.51. The number of rotatable bonds is 7. The number of aromatic nitrogens is 1. The minimum Gasteiger partial charge on any atom is -0.379 e. The number of anilines is 1. The predicted octanol–water partition coefficient (Wildman–Crippen LogP) is 3.84. The van der Waals surface area contributed by atoms with Crippen LogP contribution in [0.1, 0.15) is 18.4 Å². The minimum atomic E-state index is 0.488. The minimum absolute atomic E-state index is 0.488. The predicted molar refractivity (Wildman–Crippen MR) is 88.1 cm³/mol. The van der Waals surface area contributed by atoms with Crippen LogP contribution in [0, 0.1) is 5.92 Å². The van der Waals surface area contributed by atoms with Gasteiger partial charge in [-0.15, -0.1) is 11.6 Å². The van der Waals surface area contributed by atoms with Crippen LogP contribution in [0.15, 0.2) is 30.5 Å². The molecule has 21 heavy (non-hydrogen) atoms. The van der Waals surface area contributed by atoms with Crippen LogP contribution >= 0.6 is 11.6 Å². The fourth-order valence-corrected chi connectivity index (χ4v) is 2.70. The van der Waals surface area contributed by atoms with Crippen LogP contribution in [0.5, 0.6) is 0 Å². The molecule has 0 bridgehead atoms. The van der Waals surface area contributed by atoms with Crippen molar-refractivity contribution in [3.05, 3.63) is 36.0 Å². The molecule has 0 unspecified atom stereocenters. The maximum Gasteiger partial charge on any atom is 0.136 e. The first kappa shape index (κ1) is 14.6. The van der Waals surface area contributed by atoms with Gasteiger partial charge < -0.3 is 9.64 Å². The van der Waals surface area contributed by atoms with E-state index < -0.39 is 0 Å². The first-order chi connectivity index (χ1) is 10.3. The molecular weight excluding hydrogens is 284 g/mol. The Balaban J connectivity index is 1.72. The van der Waals surface area contributed by atoms with E-state index in [1.54, 1.807) is 0 Å². The molecule has 0 amide bonds. The van der Waals surface area contributed by atoms with Gasteiger partial charge in [-0.25, -0.2) is 4.98 Å². The van der Waals surface area contributed by atoms with E-state index in [9.17, 15) is 0 Å². The zero-order valence-corrected chi connectivity index (χ0v) is 13.1. The largest absolute Gasteiger partial charge is 0.379 e. The molecule has 3 rings (SSSR count). The third-order valence-electron chi connectivity index (χ3n) is 3.98. The lowest BCUT2D eigenvalue weighted by Gasteiger charge is -2.20. The van der Waals surface area contributed by atoms with Crippen molar-refractivity contribution in [1.29, 1.82) is 0 Å². The van der Waals surface area contributed by atoms with Crippen molar-refractivity contribution in [3.63, 3.8) is 0 Å². The molecule has 1 saturated carbocycles. The zero-order valence-electron chi connectivity index (χ0n) is 12.4. The second kappa shape index (κ2) is 6.63. The molecule has 0 atom stereocenters. The average molecular weight is 305 g/mol. The number of alkyl halides is 1. The van der Waals surface area contributed by atoms with E-state index in [1.807, 2.05) is 18.3 Å². The number of benzene rings is 1. The monoisotopic (exact) mass is 304 g/mol. The van der Waals surface area contributed by atoms with Gasteiger partial charge in [-0.05, 0) is 29.7 Å². The number of hydrogen-bond donors (Lipinski definition) is 0. The molecule has 112 valence electrons. The number of hydrogen-bond acceptors (Lipinski definition) is 3. The van der Waals surface area contributed by atoms with Gasteiger partial charge in [0.25, 0.3) is 0 Å². The van der Waals surface area contributed by atoms with Crippen molar-refractivity contribution >= 4 is 28.2 Å². The van der Waals surface area contributed by atoms with Gasteiger partial charge in [0.1, 0.15) is 5.82 Å². The van der Waals surface area contributed by atoms with E-state index in [0.29, 0.717) is 5.88 Å². The molecule has 1 heterocycles. The van der Waals surface area contributed by atoms with Crippen molar-refractivity contribution in [1.82, 2.24) is 4.98 Å². The summed E-state index contributed by atoms with van der Waals surface area (Å²) in [5.41, 5.74) is 1.08. The highest BCUT2D eigenvalue weighted by Crippen LogP contribution is 2.29. The number of fused-ring (bicyclic) bond motifs is 1. The SMILES string of the molecule is CN(CCOCC1CC1)c1ncc(CCl)c2ccccc12. The molecule has 1 fully saturated rings. The van der Waals surface area contributed by atoms with Crippen molar-refractivity contribution in [2.24, 2.45) is 5.92 Å². The zero-order chi connectivity index (χ0) is 14.7. The third-order valence-corrected chi connectivity index (χ3v) is 4.27. The number of pyridine rings is 1. The van der Waals surface area contributed by atoms with Crippen LogP contribution in [0.25, 0.3) is 10.8 Å². The molecule has 1 aromatic carbocycles. The first-order valence-corrected chi connectivity index (χ1v) is 8.04. The van der Waals surface area contributed by atoms with Crippen molar-refractivity contribution < 1.29 is 4.74 Å². The molecule has 0 saturated heterocycles. The summed E-state index contributed by atoms with van der Waals surface area (Å²) in [6, 6.07) is 8.30. The van der Waals surface area contributed by atoms with Gasteiger partial charge >= 0.3 is 0 Å². The highest BCUT2D eigenvalue weighted by Gasteiger charge is 2.21. The highest BCUT2D eigenvalue weighted by atomic mass is 35.5. The van der Waals surface area contributed by atoms with Gasteiger partial charge in [0.2, 0.25) is 0 Å². The molecule has 0 radical (unpaired) electrons. The smallest absolute Gasteiger partial charge is 0.136 e. The van der Waals surface area contributed by atoms with Gasteiger partial charge in [-0.1, -0.05) is 24.3 Å². The van der Waals surface area contributed by atoms with Gasteiger partial charge in [0.15, 0.2) is 0 Å². The molecule has 4 heteroatoms. The van der Waals surface area contributed by atoms with Crippen LogP contribution in [0.4, 0.5) is 5.82 Å². The summed E-state index contributed by atoms with van der Waals surface area (Å²) in [4.78, 5) is 6.75. The van der Waals surface area contributed by atoms with Crippen molar-refractivity contribution in [2.75, 3.05) is 31.7 Å². The van der Waals surface area contributed by atoms with Gasteiger partial charge in [-0.2, -0.15) is 0 Å². The molecule has 1 aliphatic carbocycles. The normalized spacial score (nSPS) is 14.6. The van der Waals surface area contributed by atoms with Crippen LogP contribution in [-0.2, 0) is 10.6 Å². The Kier molecular flexibility index (Phi) is 4.61. The van der Waals surface area contributed by atoms with Crippen LogP contribution in [0.2, 0.25) is 0 Å². The molecule has 0 aliphatic heterocycles. The van der Waals surface area contributed by atoms with E-state index in [-0.39, 0.29) is 0 Å².